The lowest BCUT2D eigenvalue weighted by Gasteiger charge is -2.15. The number of aliphatic imine (C=N–C) groups is 1. The molecule has 2 rings (SSSR count). The Hall–Kier alpha value is -2.19. The molecular weight excluding hydrogens is 376 g/mol. The summed E-state index contributed by atoms with van der Waals surface area (Å²) in [6.07, 6.45) is 0.0805. The Morgan fingerprint density at radius 1 is 1.21 bits per heavy atom. The van der Waals surface area contributed by atoms with E-state index >= 15 is 0 Å². The van der Waals surface area contributed by atoms with Crippen LogP contribution in [0.1, 0.15) is 31.4 Å². The Bertz CT molecular complexity index is 771. The standard InChI is InChI=1S/C20H28N4O3S/c1-12(2)21-17(26)10-24(5)11-18-23-20(27)15(28-18)9-16(25)22-19-13(3)7-6-8-14(19)4/h6-8,12,15H,9-11H2,1-5H3,(H,21,26)(H,22,25)/p+1/t15-/m1/s1. The quantitative estimate of drug-likeness (QED) is 0.594. The topological polar surface area (TPSA) is 92.1 Å². The van der Waals surface area contributed by atoms with E-state index in [1.165, 1.54) is 11.8 Å². The fourth-order valence-electron chi connectivity index (χ4n) is 2.98. The van der Waals surface area contributed by atoms with Gasteiger partial charge >= 0.3 is 0 Å². The average Bonchev–Trinajstić information content (AvgIpc) is 2.89. The van der Waals surface area contributed by atoms with Gasteiger partial charge in [0.05, 0.1) is 7.05 Å². The molecule has 1 aliphatic rings. The normalized spacial score (nSPS) is 17.4. The molecule has 0 aliphatic carbocycles. The van der Waals surface area contributed by atoms with Crippen LogP contribution in [-0.4, -0.2) is 54.2 Å². The van der Waals surface area contributed by atoms with Gasteiger partial charge < -0.3 is 15.5 Å². The largest absolute Gasteiger partial charge is 0.349 e. The Morgan fingerprint density at radius 2 is 1.86 bits per heavy atom. The summed E-state index contributed by atoms with van der Waals surface area (Å²) in [7, 11) is 1.88. The minimum Gasteiger partial charge on any atom is -0.349 e. The van der Waals surface area contributed by atoms with Crippen molar-refractivity contribution in [1.82, 2.24) is 5.32 Å². The molecule has 152 valence electrons. The van der Waals surface area contributed by atoms with Crippen LogP contribution in [0.25, 0.3) is 0 Å². The van der Waals surface area contributed by atoms with Crippen molar-refractivity contribution in [2.45, 2.75) is 45.4 Å². The third-order valence-electron chi connectivity index (χ3n) is 4.27. The highest BCUT2D eigenvalue weighted by Crippen LogP contribution is 2.26. The monoisotopic (exact) mass is 405 g/mol. The predicted octanol–water partition coefficient (Wildman–Crippen LogP) is 0.712. The summed E-state index contributed by atoms with van der Waals surface area (Å²) in [5, 5.41) is 5.93. The van der Waals surface area contributed by atoms with Gasteiger partial charge in [0.1, 0.15) is 16.8 Å². The predicted molar refractivity (Wildman–Crippen MR) is 113 cm³/mol. The van der Waals surface area contributed by atoms with Crippen LogP contribution in [0, 0.1) is 13.8 Å². The minimum absolute atomic E-state index is 0.0352. The summed E-state index contributed by atoms with van der Waals surface area (Å²) >= 11 is 1.32. The van der Waals surface area contributed by atoms with Crippen LogP contribution in [0.5, 0.6) is 0 Å². The number of para-hydroxylation sites is 1. The third-order valence-corrected chi connectivity index (χ3v) is 5.43. The van der Waals surface area contributed by atoms with E-state index in [2.05, 4.69) is 15.6 Å². The molecule has 2 atom stereocenters. The van der Waals surface area contributed by atoms with Crippen LogP contribution < -0.4 is 15.5 Å². The highest BCUT2D eigenvalue weighted by atomic mass is 32.2. The molecule has 1 aromatic rings. The van der Waals surface area contributed by atoms with Gasteiger partial charge in [0.15, 0.2) is 6.54 Å². The number of carbonyl (C=O) groups is 3. The zero-order chi connectivity index (χ0) is 20.8. The number of rotatable bonds is 8. The third kappa shape index (κ3) is 6.45. The van der Waals surface area contributed by atoms with Crippen LogP contribution in [0.2, 0.25) is 0 Å². The van der Waals surface area contributed by atoms with Crippen molar-refractivity contribution >= 4 is 40.2 Å². The molecule has 0 saturated heterocycles. The number of nitrogens with zero attached hydrogens (tertiary/aromatic N) is 1. The van der Waals surface area contributed by atoms with Gasteiger partial charge in [-0.15, -0.1) is 0 Å². The second kappa shape index (κ2) is 9.84. The molecule has 0 saturated carbocycles. The number of carbonyl (C=O) groups excluding carboxylic acids is 3. The van der Waals surface area contributed by atoms with Gasteiger partial charge in [-0.1, -0.05) is 30.0 Å². The smallest absolute Gasteiger partial charge is 0.275 e. The number of hydrogen-bond acceptors (Lipinski definition) is 4. The molecule has 0 aromatic heterocycles. The molecule has 8 heteroatoms. The number of amides is 3. The van der Waals surface area contributed by atoms with Crippen molar-refractivity contribution in [2.75, 3.05) is 25.5 Å². The number of hydrogen-bond donors (Lipinski definition) is 3. The van der Waals surface area contributed by atoms with E-state index in [-0.39, 0.29) is 30.2 Å². The van der Waals surface area contributed by atoms with Crippen LogP contribution in [0.4, 0.5) is 5.69 Å². The van der Waals surface area contributed by atoms with E-state index in [1.807, 2.05) is 52.9 Å². The molecule has 0 radical (unpaired) electrons. The number of nitrogens with one attached hydrogen (secondary N) is 3. The van der Waals surface area contributed by atoms with Gasteiger partial charge in [-0.2, -0.15) is 0 Å². The van der Waals surface area contributed by atoms with E-state index in [0.717, 1.165) is 21.7 Å². The molecule has 3 N–H and O–H groups in total. The van der Waals surface area contributed by atoms with E-state index in [9.17, 15) is 14.4 Å². The SMILES string of the molecule is Cc1cccc(C)c1NC(=O)C[C@H]1SC(C[NH+](C)CC(=O)NC(C)C)=NC1=O. The Morgan fingerprint density at radius 3 is 2.46 bits per heavy atom. The number of anilines is 1. The number of thioether (sulfide) groups is 1. The molecule has 1 unspecified atom stereocenters. The summed E-state index contributed by atoms with van der Waals surface area (Å²) < 4.78 is 0. The molecule has 1 heterocycles. The van der Waals surface area contributed by atoms with Gasteiger partial charge in [0.25, 0.3) is 11.8 Å². The first kappa shape index (κ1) is 22.1. The average molecular weight is 406 g/mol. The molecule has 3 amide bonds. The van der Waals surface area contributed by atoms with Crippen LogP contribution in [0.15, 0.2) is 23.2 Å². The molecule has 0 bridgehead atoms. The number of likely N-dealkylation sites (N-methyl/N-ethyl adjacent to an activating group) is 1. The van der Waals surface area contributed by atoms with E-state index in [1.54, 1.807) is 0 Å². The number of benzene rings is 1. The molecule has 1 aromatic carbocycles. The molecular formula is C20H29N4O3S+. The van der Waals surface area contributed by atoms with Crippen molar-refractivity contribution in [3.05, 3.63) is 29.3 Å². The van der Waals surface area contributed by atoms with Crippen molar-refractivity contribution < 1.29 is 19.3 Å². The van der Waals surface area contributed by atoms with Gasteiger partial charge in [0, 0.05) is 18.2 Å². The van der Waals surface area contributed by atoms with Crippen molar-refractivity contribution in [2.24, 2.45) is 4.99 Å². The minimum atomic E-state index is -0.503. The first-order valence-corrected chi connectivity index (χ1v) is 10.3. The van der Waals surface area contributed by atoms with Crippen LogP contribution in [0.3, 0.4) is 0 Å². The van der Waals surface area contributed by atoms with Gasteiger partial charge in [0.2, 0.25) is 5.91 Å². The summed E-state index contributed by atoms with van der Waals surface area (Å²) in [5.74, 6) is -0.514. The molecule has 7 nitrogen and oxygen atoms in total. The zero-order valence-corrected chi connectivity index (χ0v) is 17.9. The second-order valence-corrected chi connectivity index (χ2v) is 8.78. The highest BCUT2D eigenvalue weighted by Gasteiger charge is 2.32. The lowest BCUT2D eigenvalue weighted by molar-refractivity contribution is -0.861. The Kier molecular flexibility index (Phi) is 7.77. The molecule has 0 spiro atoms. The van der Waals surface area contributed by atoms with E-state index in [0.29, 0.717) is 18.1 Å². The van der Waals surface area contributed by atoms with Gasteiger partial charge in [-0.05, 0) is 38.8 Å². The first-order chi connectivity index (χ1) is 13.2. The number of quaternary nitrogens is 1. The number of aryl methyl sites for hydroxylation is 2. The van der Waals surface area contributed by atoms with Crippen LogP contribution >= 0.6 is 11.8 Å². The first-order valence-electron chi connectivity index (χ1n) is 9.40. The maximum atomic E-state index is 12.4. The van der Waals surface area contributed by atoms with Crippen molar-refractivity contribution in [3.8, 4) is 0 Å². The summed E-state index contributed by atoms with van der Waals surface area (Å²) in [6.45, 7) is 8.50. The molecule has 28 heavy (non-hydrogen) atoms. The molecule has 1 aliphatic heterocycles. The highest BCUT2D eigenvalue weighted by molar-refractivity contribution is 8.15. The summed E-state index contributed by atoms with van der Waals surface area (Å²) in [6, 6.07) is 5.91. The van der Waals surface area contributed by atoms with Crippen molar-refractivity contribution in [3.63, 3.8) is 0 Å². The summed E-state index contributed by atoms with van der Waals surface area (Å²) in [5.41, 5.74) is 2.77. The Labute approximate surface area is 170 Å². The van der Waals surface area contributed by atoms with Gasteiger partial charge in [-0.25, -0.2) is 4.99 Å². The fraction of sp³-hybridized carbons (Fsp3) is 0.500. The van der Waals surface area contributed by atoms with E-state index in [4.69, 9.17) is 0 Å². The maximum absolute atomic E-state index is 12.4. The molecule has 0 fully saturated rings. The van der Waals surface area contributed by atoms with E-state index < -0.39 is 5.25 Å². The zero-order valence-electron chi connectivity index (χ0n) is 17.1. The lowest BCUT2D eigenvalue weighted by atomic mass is 10.1. The lowest BCUT2D eigenvalue weighted by Crippen LogP contribution is -3.11. The fourth-order valence-corrected chi connectivity index (χ4v) is 4.17. The van der Waals surface area contributed by atoms with Crippen LogP contribution in [-0.2, 0) is 14.4 Å². The Balaban J connectivity index is 1.85. The van der Waals surface area contributed by atoms with Crippen molar-refractivity contribution in [1.29, 1.82) is 0 Å². The summed E-state index contributed by atoms with van der Waals surface area (Å²) in [4.78, 5) is 41.5. The van der Waals surface area contributed by atoms with Gasteiger partial charge in [-0.3, -0.25) is 14.4 Å². The second-order valence-electron chi connectivity index (χ2n) is 7.50. The maximum Gasteiger partial charge on any atom is 0.275 e.